The summed E-state index contributed by atoms with van der Waals surface area (Å²) in [5.74, 6) is -3.05. The molecule has 22 heavy (non-hydrogen) atoms. The van der Waals surface area contributed by atoms with Crippen molar-refractivity contribution in [2.45, 2.75) is 25.9 Å². The van der Waals surface area contributed by atoms with Crippen molar-refractivity contribution in [2.24, 2.45) is 0 Å². The fourth-order valence-electron chi connectivity index (χ4n) is 1.07. The molecule has 0 bridgehead atoms. The molecule has 0 aliphatic rings. The zero-order valence-corrected chi connectivity index (χ0v) is 18.5. The molecule has 0 unspecified atom stereocenters. The van der Waals surface area contributed by atoms with Gasteiger partial charge in [-0.2, -0.15) is 0 Å². The fourth-order valence-corrected chi connectivity index (χ4v) is 3.38. The smallest absolute Gasteiger partial charge is 1.00 e. The Bertz CT molecular complexity index is 374. The van der Waals surface area contributed by atoms with Gasteiger partial charge in [-0.05, 0) is 0 Å². The minimum absolute atomic E-state index is 0. The Labute approximate surface area is 183 Å². The summed E-state index contributed by atoms with van der Waals surface area (Å²) in [6, 6.07) is -2.07. The van der Waals surface area contributed by atoms with Crippen LogP contribution in [0.15, 0.2) is 0 Å². The minimum atomic E-state index is -1.16. The first-order valence-corrected chi connectivity index (χ1v) is 7.97. The van der Waals surface area contributed by atoms with Crippen LogP contribution in [0.2, 0.25) is 0 Å². The van der Waals surface area contributed by atoms with Crippen LogP contribution in [0.3, 0.4) is 0 Å². The Kier molecular flexibility index (Phi) is 18.9. The fraction of sp³-hybridized carbons (Fsp3) is 0.600. The van der Waals surface area contributed by atoms with E-state index in [0.717, 1.165) is 21.6 Å². The second-order valence-electron chi connectivity index (χ2n) is 3.75. The zero-order valence-electron chi connectivity index (χ0n) is 14.9. The second kappa shape index (κ2) is 15.1. The summed E-state index contributed by atoms with van der Waals surface area (Å²) in [6.45, 7) is 2.43. The van der Waals surface area contributed by atoms with Crippen molar-refractivity contribution < 1.29 is 91.4 Å². The van der Waals surface area contributed by atoms with Crippen molar-refractivity contribution in [3.63, 3.8) is 0 Å². The van der Waals surface area contributed by atoms with E-state index in [-0.39, 0.29) is 73.5 Å². The summed E-state index contributed by atoms with van der Waals surface area (Å²) in [7, 11) is 2.22. The van der Waals surface area contributed by atoms with E-state index in [1.165, 1.54) is 13.8 Å². The number of nitrogens with one attached hydrogen (secondary N) is 2. The first-order chi connectivity index (χ1) is 9.23. The van der Waals surface area contributed by atoms with Gasteiger partial charge in [-0.3, -0.25) is 9.59 Å². The predicted octanol–water partition coefficient (Wildman–Crippen LogP) is -6.22. The molecule has 0 aliphatic carbocycles. The van der Waals surface area contributed by atoms with Crippen LogP contribution >= 0.6 is 21.6 Å². The van der Waals surface area contributed by atoms with E-state index >= 15 is 0 Å². The van der Waals surface area contributed by atoms with Crippen molar-refractivity contribution in [3.8, 4) is 0 Å². The number of carbonyl (C=O) groups excluding carboxylic acids is 2. The number of carbonyl (C=O) groups is 4. The van der Waals surface area contributed by atoms with Crippen LogP contribution in [0.25, 0.3) is 0 Å². The van der Waals surface area contributed by atoms with Gasteiger partial charge in [0, 0.05) is 25.4 Å². The molecule has 0 fully saturated rings. The number of carboxylic acids is 2. The largest absolute Gasteiger partial charge is 1.00 e. The number of hydrogen-bond acceptors (Lipinski definition) is 6. The van der Waals surface area contributed by atoms with Gasteiger partial charge in [0.1, 0.15) is 12.1 Å². The number of amides is 2. The molecule has 2 atom stereocenters. The predicted molar refractivity (Wildman–Crippen MR) is 77.6 cm³/mol. The molecule has 118 valence electrons. The maximum absolute atomic E-state index is 10.8. The van der Waals surface area contributed by atoms with Crippen molar-refractivity contribution in [3.05, 3.63) is 0 Å². The summed E-state index contributed by atoms with van der Waals surface area (Å²) < 4.78 is 0. The molecule has 0 aliphatic heterocycles. The Hall–Kier alpha value is 0.580. The van der Waals surface area contributed by atoms with Crippen molar-refractivity contribution >= 4 is 45.3 Å². The van der Waals surface area contributed by atoms with Gasteiger partial charge in [0.25, 0.3) is 0 Å². The topological polar surface area (TPSA) is 133 Å². The minimum Gasteiger partial charge on any atom is -1.00 e. The first-order valence-electron chi connectivity index (χ1n) is 5.48. The molecule has 12 heteroatoms. The van der Waals surface area contributed by atoms with E-state index in [9.17, 15) is 19.2 Å². The summed E-state index contributed by atoms with van der Waals surface area (Å²) in [6.07, 6.45) is 0. The molecule has 0 heterocycles. The third kappa shape index (κ3) is 14.2. The molecule has 4 N–H and O–H groups in total. The number of hydrogen-bond donors (Lipinski definition) is 4. The summed E-state index contributed by atoms with van der Waals surface area (Å²) in [5.41, 5.74) is 0. The van der Waals surface area contributed by atoms with Crippen LogP contribution < -0.4 is 69.7 Å². The molecule has 0 aromatic heterocycles. The number of aliphatic carboxylic acids is 2. The van der Waals surface area contributed by atoms with Crippen molar-refractivity contribution in [1.82, 2.24) is 10.6 Å². The van der Waals surface area contributed by atoms with Crippen LogP contribution in [-0.4, -0.2) is 57.6 Å². The van der Waals surface area contributed by atoms with Gasteiger partial charge in [0.15, 0.2) is 0 Å². The monoisotopic (exact) mass is 372 g/mol. The van der Waals surface area contributed by atoms with Crippen LogP contribution in [0.5, 0.6) is 0 Å². The molecule has 8 nitrogen and oxygen atoms in total. The molecule has 0 aromatic rings. The third-order valence-electron chi connectivity index (χ3n) is 1.90. The van der Waals surface area contributed by atoms with E-state index in [1.807, 2.05) is 0 Å². The molecule has 0 saturated heterocycles. The third-order valence-corrected chi connectivity index (χ3v) is 4.33. The average Bonchev–Trinajstić information content (AvgIpc) is 2.29. The zero-order chi connectivity index (χ0) is 15.7. The van der Waals surface area contributed by atoms with Gasteiger partial charge in [-0.25, -0.2) is 9.59 Å². The second-order valence-corrected chi connectivity index (χ2v) is 6.30. The molecule has 0 rings (SSSR count). The Morgan fingerprint density at radius 3 is 1.32 bits per heavy atom. The molecule has 0 spiro atoms. The van der Waals surface area contributed by atoms with Crippen molar-refractivity contribution in [2.75, 3.05) is 11.5 Å². The van der Waals surface area contributed by atoms with E-state index in [0.29, 0.717) is 0 Å². The molecule has 2 amide bonds. The van der Waals surface area contributed by atoms with Gasteiger partial charge in [0.05, 0.1) is 0 Å². The van der Waals surface area contributed by atoms with Crippen LogP contribution in [-0.2, 0) is 19.2 Å². The van der Waals surface area contributed by atoms with Crippen LogP contribution in [0.4, 0.5) is 0 Å². The maximum Gasteiger partial charge on any atom is 1.00 e. The van der Waals surface area contributed by atoms with E-state index in [1.54, 1.807) is 0 Å². The standard InChI is InChI=1S/C10H16N2O6S2.2Na.2H/c1-5(13)11-7(9(15)16)3-19-20-4-8(10(17)18)12-6(2)14;;;;/h7-8H,3-4H2,1-2H3,(H,11,13)(H,12,14)(H,15,16)(H,17,18);;;;/q;2*+1;2*-1/t7-,8-;;;;/m0..../s1. The summed E-state index contributed by atoms with van der Waals surface area (Å²) in [5, 5.41) is 22.2. The normalized spacial score (nSPS) is 11.9. The van der Waals surface area contributed by atoms with E-state index < -0.39 is 35.8 Å². The Morgan fingerprint density at radius 1 is 0.864 bits per heavy atom. The average molecular weight is 372 g/mol. The molecular weight excluding hydrogens is 354 g/mol. The Morgan fingerprint density at radius 2 is 1.14 bits per heavy atom. The van der Waals surface area contributed by atoms with Crippen molar-refractivity contribution in [1.29, 1.82) is 0 Å². The number of rotatable bonds is 9. The van der Waals surface area contributed by atoms with Gasteiger partial charge in [-0.15, -0.1) is 0 Å². The van der Waals surface area contributed by atoms with E-state index in [2.05, 4.69) is 10.6 Å². The van der Waals surface area contributed by atoms with Crippen LogP contribution in [0.1, 0.15) is 16.7 Å². The summed E-state index contributed by atoms with van der Waals surface area (Å²) in [4.78, 5) is 43.2. The quantitative estimate of drug-likeness (QED) is 0.179. The molecular formula is C10H18N2Na2O6S2. The molecule has 0 aromatic carbocycles. The van der Waals surface area contributed by atoms with Crippen LogP contribution in [0, 0.1) is 0 Å². The summed E-state index contributed by atoms with van der Waals surface area (Å²) >= 11 is 0. The molecule has 0 saturated carbocycles. The van der Waals surface area contributed by atoms with E-state index in [4.69, 9.17) is 10.2 Å². The van der Waals surface area contributed by atoms with Gasteiger partial charge in [-0.1, -0.05) is 21.6 Å². The van der Waals surface area contributed by atoms with Gasteiger partial charge < -0.3 is 23.7 Å². The SMILES string of the molecule is CC(=O)N[C@@H](CSSC[C@H](NC(C)=O)C(=O)O)C(=O)O.[H-].[H-].[Na+].[Na+]. The Balaban J connectivity index is -0.000000301. The van der Waals surface area contributed by atoms with Gasteiger partial charge in [0.2, 0.25) is 11.8 Å². The first kappa shape index (κ1) is 27.4. The van der Waals surface area contributed by atoms with Gasteiger partial charge >= 0.3 is 71.1 Å². The maximum atomic E-state index is 10.8. The number of carboxylic acid groups (broad SMARTS) is 2. The molecule has 0 radical (unpaired) electrons.